The average molecular weight is 316 g/mol. The first-order valence-electron chi connectivity index (χ1n) is 7.68. The van der Waals surface area contributed by atoms with Crippen LogP contribution in [0.15, 0.2) is 29.9 Å². The highest BCUT2D eigenvalue weighted by Crippen LogP contribution is 2.39. The molecule has 0 fully saturated rings. The zero-order valence-corrected chi connectivity index (χ0v) is 15.7. The van der Waals surface area contributed by atoms with Crippen molar-refractivity contribution >= 4 is 31.2 Å². The number of hydrogen-bond acceptors (Lipinski definition) is 2. The van der Waals surface area contributed by atoms with E-state index in [1.165, 1.54) is 20.2 Å². The maximum absolute atomic E-state index is 3.94. The Kier molecular flexibility index (Phi) is 3.43. The molecule has 0 aromatic carbocycles. The van der Waals surface area contributed by atoms with Gasteiger partial charge in [0.25, 0.3) is 0 Å². The lowest BCUT2D eigenvalue weighted by atomic mass is 9.99. The normalized spacial score (nSPS) is 21.0. The maximum atomic E-state index is 3.94. The smallest absolute Gasteiger partial charge is 0.131 e. The van der Waals surface area contributed by atoms with Crippen LogP contribution in [0.4, 0.5) is 0 Å². The number of rotatable bonds is 2. The molecule has 2 aliphatic rings. The lowest BCUT2D eigenvalue weighted by molar-refractivity contribution is 0.510. The summed E-state index contributed by atoms with van der Waals surface area (Å²) in [6.45, 7) is 14.0. The van der Waals surface area contributed by atoms with Crippen LogP contribution in [0.25, 0.3) is 11.6 Å². The summed E-state index contributed by atoms with van der Waals surface area (Å²) in [5.41, 5.74) is 3.70. The molecule has 0 spiro atoms. The molecule has 3 heteroatoms. The summed E-state index contributed by atoms with van der Waals surface area (Å²) in [7, 11) is -1.61. The number of aryl methyl sites for hydroxylation is 1. The summed E-state index contributed by atoms with van der Waals surface area (Å²) in [5, 5.41) is 1.48. The molecule has 0 radical (unpaired) electrons. The second kappa shape index (κ2) is 4.80. The Bertz CT molecular complexity index is 756. The fourth-order valence-corrected chi connectivity index (χ4v) is 8.43. The molecule has 1 heterocycles. The first-order valence-corrected chi connectivity index (χ1v) is 11.6. The Balaban J connectivity index is 2.11. The van der Waals surface area contributed by atoms with Gasteiger partial charge in [-0.05, 0) is 56.2 Å². The molecule has 1 aromatic heterocycles. The maximum Gasteiger partial charge on any atom is 0.131 e. The topological polar surface area (TPSA) is 12.0 Å². The van der Waals surface area contributed by atoms with Crippen molar-refractivity contribution in [3.05, 3.63) is 44.5 Å². The van der Waals surface area contributed by atoms with E-state index in [1.54, 1.807) is 5.57 Å². The monoisotopic (exact) mass is 315 g/mol. The SMILES string of the molecule is Cc1cc2c(s1)=CC1=CC=CC([Si](C)(C)NC(C)(C)C)C=21. The standard InChI is InChI=1S/C18H25NSSi/c1-12-10-14-15(20-12)11-13-8-7-9-16(17(13)14)21(5,6)19-18(2,3)4/h7-11,16,19H,1-6H3. The Morgan fingerprint density at radius 3 is 2.62 bits per heavy atom. The highest BCUT2D eigenvalue weighted by Gasteiger charge is 2.38. The Labute approximate surface area is 132 Å². The van der Waals surface area contributed by atoms with Crippen molar-refractivity contribution < 1.29 is 0 Å². The molecule has 0 saturated heterocycles. The molecule has 3 rings (SSSR count). The second-order valence-corrected chi connectivity index (χ2v) is 13.4. The van der Waals surface area contributed by atoms with Crippen molar-refractivity contribution in [1.29, 1.82) is 0 Å². The molecule has 2 aliphatic carbocycles. The lowest BCUT2D eigenvalue weighted by Gasteiger charge is -2.39. The van der Waals surface area contributed by atoms with Crippen LogP contribution in [0.3, 0.4) is 0 Å². The average Bonchev–Trinajstić information content (AvgIpc) is 2.80. The van der Waals surface area contributed by atoms with E-state index in [4.69, 9.17) is 0 Å². The molecule has 0 aliphatic heterocycles. The number of nitrogens with one attached hydrogen (secondary N) is 1. The van der Waals surface area contributed by atoms with Crippen LogP contribution >= 0.6 is 11.3 Å². The van der Waals surface area contributed by atoms with E-state index in [2.05, 4.69) is 76.1 Å². The van der Waals surface area contributed by atoms with E-state index >= 15 is 0 Å². The van der Waals surface area contributed by atoms with Crippen molar-refractivity contribution in [2.24, 2.45) is 0 Å². The lowest BCUT2D eigenvalue weighted by Crippen LogP contribution is -2.57. The molecular formula is C18H25NSSi. The predicted octanol–water partition coefficient (Wildman–Crippen LogP) is 3.46. The van der Waals surface area contributed by atoms with Crippen molar-refractivity contribution in [2.45, 2.75) is 51.9 Å². The van der Waals surface area contributed by atoms with Gasteiger partial charge >= 0.3 is 0 Å². The minimum absolute atomic E-state index is 0.168. The number of allylic oxidation sites excluding steroid dienone is 4. The van der Waals surface area contributed by atoms with Crippen LogP contribution in [-0.2, 0) is 0 Å². The van der Waals surface area contributed by atoms with E-state index < -0.39 is 8.24 Å². The van der Waals surface area contributed by atoms with Gasteiger partial charge in [-0.25, -0.2) is 0 Å². The van der Waals surface area contributed by atoms with E-state index in [0.29, 0.717) is 5.54 Å². The van der Waals surface area contributed by atoms with Crippen molar-refractivity contribution in [3.8, 4) is 0 Å². The Hall–Kier alpha value is -0.903. The van der Waals surface area contributed by atoms with Crippen molar-refractivity contribution in [3.63, 3.8) is 0 Å². The van der Waals surface area contributed by atoms with Crippen LogP contribution in [0.1, 0.15) is 25.6 Å². The van der Waals surface area contributed by atoms with Crippen molar-refractivity contribution in [2.75, 3.05) is 0 Å². The summed E-state index contributed by atoms with van der Waals surface area (Å²) in [5.74, 6) is 0. The highest BCUT2D eigenvalue weighted by molar-refractivity contribution is 7.09. The zero-order chi connectivity index (χ0) is 15.4. The summed E-state index contributed by atoms with van der Waals surface area (Å²) >= 11 is 1.92. The van der Waals surface area contributed by atoms with Crippen LogP contribution < -0.4 is 14.7 Å². The summed E-state index contributed by atoms with van der Waals surface area (Å²) in [6.07, 6.45) is 9.32. The molecular weight excluding hydrogens is 290 g/mol. The minimum Gasteiger partial charge on any atom is -0.332 e. The van der Waals surface area contributed by atoms with E-state index in [1.807, 2.05) is 11.3 Å². The molecule has 1 nitrogen and oxygen atoms in total. The first-order chi connectivity index (χ1) is 9.67. The van der Waals surface area contributed by atoms with Crippen LogP contribution in [0, 0.1) is 6.92 Å². The number of thiophene rings is 1. The quantitative estimate of drug-likeness (QED) is 0.824. The predicted molar refractivity (Wildman–Crippen MR) is 97.5 cm³/mol. The van der Waals surface area contributed by atoms with Gasteiger partial charge in [-0.15, -0.1) is 11.3 Å². The number of hydrogen-bond donors (Lipinski definition) is 1. The molecule has 1 aromatic rings. The zero-order valence-electron chi connectivity index (χ0n) is 13.9. The summed E-state index contributed by atoms with van der Waals surface area (Å²) < 4.78 is 1.45. The van der Waals surface area contributed by atoms with Crippen LogP contribution in [0.2, 0.25) is 18.6 Å². The second-order valence-electron chi connectivity index (χ2n) is 7.77. The molecule has 112 valence electrons. The minimum atomic E-state index is -1.61. The van der Waals surface area contributed by atoms with E-state index in [-0.39, 0.29) is 5.54 Å². The molecule has 1 unspecified atom stereocenters. The van der Waals surface area contributed by atoms with Gasteiger partial charge < -0.3 is 4.98 Å². The van der Waals surface area contributed by atoms with Gasteiger partial charge in [-0.2, -0.15) is 0 Å². The van der Waals surface area contributed by atoms with Crippen LogP contribution in [-0.4, -0.2) is 13.8 Å². The van der Waals surface area contributed by atoms with E-state index in [0.717, 1.165) is 0 Å². The van der Waals surface area contributed by atoms with Gasteiger partial charge in [-0.1, -0.05) is 31.3 Å². The highest BCUT2D eigenvalue weighted by atomic mass is 32.1. The third kappa shape index (κ3) is 2.74. The van der Waals surface area contributed by atoms with Gasteiger partial charge in [0.05, 0.1) is 0 Å². The molecule has 1 atom stereocenters. The Morgan fingerprint density at radius 2 is 1.95 bits per heavy atom. The first kappa shape index (κ1) is 15.0. The largest absolute Gasteiger partial charge is 0.332 e. The molecule has 1 N–H and O–H groups in total. The molecule has 0 saturated carbocycles. The summed E-state index contributed by atoms with van der Waals surface area (Å²) in [6, 6.07) is 2.38. The summed E-state index contributed by atoms with van der Waals surface area (Å²) in [4.78, 5) is 5.36. The van der Waals surface area contributed by atoms with Gasteiger partial charge in [0, 0.05) is 20.5 Å². The Morgan fingerprint density at radius 1 is 1.24 bits per heavy atom. The number of fused-ring (bicyclic) bond motifs is 2. The fourth-order valence-electron chi connectivity index (χ4n) is 3.72. The van der Waals surface area contributed by atoms with Gasteiger partial charge in [0.15, 0.2) is 0 Å². The molecule has 0 amide bonds. The van der Waals surface area contributed by atoms with E-state index in [9.17, 15) is 0 Å². The van der Waals surface area contributed by atoms with Gasteiger partial charge in [-0.3, -0.25) is 0 Å². The van der Waals surface area contributed by atoms with Crippen LogP contribution in [0.5, 0.6) is 0 Å². The fraction of sp³-hybridized carbons (Fsp3) is 0.444. The third-order valence-electron chi connectivity index (χ3n) is 4.14. The molecule has 21 heavy (non-hydrogen) atoms. The molecule has 0 bridgehead atoms. The third-order valence-corrected chi connectivity index (χ3v) is 8.56. The van der Waals surface area contributed by atoms with Gasteiger partial charge in [0.1, 0.15) is 8.24 Å². The van der Waals surface area contributed by atoms with Crippen molar-refractivity contribution in [1.82, 2.24) is 4.98 Å². The van der Waals surface area contributed by atoms with Gasteiger partial charge in [0.2, 0.25) is 0 Å².